The van der Waals surface area contributed by atoms with Gasteiger partial charge in [-0.3, -0.25) is 0 Å². The Kier molecular flexibility index (Phi) is 6.11. The van der Waals surface area contributed by atoms with Gasteiger partial charge in [-0.2, -0.15) is 19.9 Å². The summed E-state index contributed by atoms with van der Waals surface area (Å²) in [6, 6.07) is 32.2. The largest absolute Gasteiger partial charge is 0.226 e. The van der Waals surface area contributed by atoms with Crippen molar-refractivity contribution in [3.63, 3.8) is 0 Å². The van der Waals surface area contributed by atoms with Crippen molar-refractivity contribution in [3.8, 4) is 56.7 Å². The van der Waals surface area contributed by atoms with E-state index in [9.17, 15) is 0 Å². The normalized spacial score (nSPS) is 13.1. The van der Waals surface area contributed by atoms with Gasteiger partial charge in [0.15, 0.2) is 23.3 Å². The maximum atomic E-state index is 6.35. The maximum absolute atomic E-state index is 6.35. The van der Waals surface area contributed by atoms with Crippen LogP contribution in [0.15, 0.2) is 97.1 Å². The zero-order chi connectivity index (χ0) is 28.1. The van der Waals surface area contributed by atoms with Crippen molar-refractivity contribution in [2.45, 2.75) is 19.3 Å². The van der Waals surface area contributed by atoms with Gasteiger partial charge in [-0.25, -0.2) is 9.97 Å². The van der Waals surface area contributed by atoms with Crippen molar-refractivity contribution in [2.24, 2.45) is 0 Å². The SMILES string of the molecule is CC1(C)c2cc(-c3nc(Cl)nc(-c4ccccc4)n3)ccc2-c2ccc(-c3nc(Cl)nc(-c4ccccc4)n3)cc21. The molecule has 2 heterocycles. The fourth-order valence-electron chi connectivity index (χ4n) is 5.41. The zero-order valence-corrected chi connectivity index (χ0v) is 23.7. The Morgan fingerprint density at radius 1 is 0.439 bits per heavy atom. The van der Waals surface area contributed by atoms with Crippen molar-refractivity contribution in [1.29, 1.82) is 0 Å². The molecule has 4 aromatic carbocycles. The van der Waals surface area contributed by atoms with E-state index in [0.717, 1.165) is 22.3 Å². The van der Waals surface area contributed by atoms with Crippen molar-refractivity contribution < 1.29 is 0 Å². The number of fused-ring (bicyclic) bond motifs is 3. The molecule has 6 nitrogen and oxygen atoms in total. The van der Waals surface area contributed by atoms with Crippen LogP contribution in [0.4, 0.5) is 0 Å². The van der Waals surface area contributed by atoms with Crippen LogP contribution in [0.3, 0.4) is 0 Å². The Bertz CT molecular complexity index is 1800. The third-order valence-electron chi connectivity index (χ3n) is 7.47. The van der Waals surface area contributed by atoms with Gasteiger partial charge in [0.05, 0.1) is 0 Å². The van der Waals surface area contributed by atoms with E-state index in [-0.39, 0.29) is 16.0 Å². The third-order valence-corrected chi connectivity index (χ3v) is 7.81. The Balaban J connectivity index is 1.29. The molecule has 6 aromatic rings. The van der Waals surface area contributed by atoms with Crippen LogP contribution in [0, 0.1) is 0 Å². The van der Waals surface area contributed by atoms with Gasteiger partial charge in [0.25, 0.3) is 0 Å². The number of aromatic nitrogens is 6. The maximum Gasteiger partial charge on any atom is 0.226 e. The number of hydrogen-bond acceptors (Lipinski definition) is 6. The van der Waals surface area contributed by atoms with Gasteiger partial charge in [0.1, 0.15) is 0 Å². The quantitative estimate of drug-likeness (QED) is 0.211. The van der Waals surface area contributed by atoms with Crippen LogP contribution in [-0.4, -0.2) is 29.9 Å². The van der Waals surface area contributed by atoms with Crippen LogP contribution < -0.4 is 0 Å². The highest BCUT2D eigenvalue weighted by molar-refractivity contribution is 6.28. The monoisotopic (exact) mass is 572 g/mol. The molecule has 0 spiro atoms. The average Bonchev–Trinajstić information content (AvgIpc) is 3.23. The van der Waals surface area contributed by atoms with Crippen molar-refractivity contribution in [2.75, 3.05) is 0 Å². The molecule has 0 aliphatic heterocycles. The molecular weight excluding hydrogens is 551 g/mol. The van der Waals surface area contributed by atoms with E-state index in [0.29, 0.717) is 23.3 Å². The summed E-state index contributed by atoms with van der Waals surface area (Å²) in [7, 11) is 0. The number of benzene rings is 4. The molecular formula is C33H22Cl2N6. The summed E-state index contributed by atoms with van der Waals surface area (Å²) in [4.78, 5) is 27.1. The van der Waals surface area contributed by atoms with Crippen LogP contribution >= 0.6 is 23.2 Å². The van der Waals surface area contributed by atoms with Gasteiger partial charge in [0.2, 0.25) is 10.6 Å². The molecule has 41 heavy (non-hydrogen) atoms. The molecule has 0 amide bonds. The van der Waals surface area contributed by atoms with Crippen LogP contribution in [0.2, 0.25) is 10.6 Å². The van der Waals surface area contributed by atoms with Crippen LogP contribution in [0.5, 0.6) is 0 Å². The summed E-state index contributed by atoms with van der Waals surface area (Å²) in [5.74, 6) is 2.15. The van der Waals surface area contributed by atoms with Gasteiger partial charge in [-0.1, -0.05) is 98.8 Å². The molecule has 0 atom stereocenters. The summed E-state index contributed by atoms with van der Waals surface area (Å²) in [5, 5.41) is 0.319. The van der Waals surface area contributed by atoms with E-state index in [4.69, 9.17) is 33.2 Å². The summed E-state index contributed by atoms with van der Waals surface area (Å²) in [6.07, 6.45) is 0. The minimum absolute atomic E-state index is 0.160. The molecule has 0 fully saturated rings. The highest BCUT2D eigenvalue weighted by Crippen LogP contribution is 2.50. The molecule has 0 N–H and O–H groups in total. The van der Waals surface area contributed by atoms with Crippen LogP contribution in [0.1, 0.15) is 25.0 Å². The van der Waals surface area contributed by atoms with E-state index >= 15 is 0 Å². The molecule has 1 aliphatic carbocycles. The standard InChI is InChI=1S/C33H22Cl2N6/c1-33(2)25-17-21(29-36-27(38-31(34)40-29)19-9-5-3-6-10-19)13-15-23(25)24-16-14-22(18-26(24)33)30-37-28(39-32(35)41-30)20-11-7-4-8-12-20/h3-18H,1-2H3. The van der Waals surface area contributed by atoms with Crippen molar-refractivity contribution in [1.82, 2.24) is 29.9 Å². The van der Waals surface area contributed by atoms with Gasteiger partial charge in [-0.05, 0) is 57.6 Å². The molecule has 1 aliphatic rings. The lowest BCUT2D eigenvalue weighted by atomic mass is 9.81. The predicted molar refractivity (Wildman–Crippen MR) is 163 cm³/mol. The molecule has 0 saturated carbocycles. The Labute approximate surface area is 247 Å². The number of halogens is 2. The third kappa shape index (κ3) is 4.55. The average molecular weight is 573 g/mol. The van der Waals surface area contributed by atoms with Gasteiger partial charge in [0, 0.05) is 27.7 Å². The van der Waals surface area contributed by atoms with E-state index in [1.807, 2.05) is 72.8 Å². The highest BCUT2D eigenvalue weighted by Gasteiger charge is 2.36. The lowest BCUT2D eigenvalue weighted by molar-refractivity contribution is 0.660. The first-order valence-electron chi connectivity index (χ1n) is 13.1. The number of nitrogens with zero attached hydrogens (tertiary/aromatic N) is 6. The Morgan fingerprint density at radius 3 is 1.20 bits per heavy atom. The predicted octanol–water partition coefficient (Wildman–Crippen LogP) is 8.34. The molecule has 8 heteroatoms. The van der Waals surface area contributed by atoms with Gasteiger partial charge >= 0.3 is 0 Å². The van der Waals surface area contributed by atoms with Crippen molar-refractivity contribution >= 4 is 23.2 Å². The first-order chi connectivity index (χ1) is 19.9. The second-order valence-corrected chi connectivity index (χ2v) is 11.1. The summed E-state index contributed by atoms with van der Waals surface area (Å²) >= 11 is 12.7. The van der Waals surface area contributed by atoms with E-state index in [1.165, 1.54) is 22.3 Å². The van der Waals surface area contributed by atoms with E-state index in [2.05, 4.69) is 58.0 Å². The number of hydrogen-bond donors (Lipinski definition) is 0. The van der Waals surface area contributed by atoms with E-state index < -0.39 is 0 Å². The first-order valence-corrected chi connectivity index (χ1v) is 13.9. The zero-order valence-electron chi connectivity index (χ0n) is 22.2. The first kappa shape index (κ1) is 25.4. The van der Waals surface area contributed by atoms with Crippen LogP contribution in [0.25, 0.3) is 56.7 Å². The lowest BCUT2D eigenvalue weighted by Crippen LogP contribution is -2.15. The molecule has 0 bridgehead atoms. The fraction of sp³-hybridized carbons (Fsp3) is 0.0909. The summed E-state index contributed by atoms with van der Waals surface area (Å²) < 4.78 is 0. The summed E-state index contributed by atoms with van der Waals surface area (Å²) in [5.41, 5.74) is 7.92. The van der Waals surface area contributed by atoms with Crippen molar-refractivity contribution in [3.05, 3.63) is 119 Å². The Hall–Kier alpha value is -4.52. The van der Waals surface area contributed by atoms with Gasteiger partial charge < -0.3 is 0 Å². The lowest BCUT2D eigenvalue weighted by Gasteiger charge is -2.22. The minimum atomic E-state index is -0.297. The van der Waals surface area contributed by atoms with E-state index in [1.54, 1.807) is 0 Å². The molecule has 7 rings (SSSR count). The fourth-order valence-corrected chi connectivity index (χ4v) is 5.73. The summed E-state index contributed by atoms with van der Waals surface area (Å²) in [6.45, 7) is 4.44. The second-order valence-electron chi connectivity index (χ2n) is 10.4. The highest BCUT2D eigenvalue weighted by atomic mass is 35.5. The second kappa shape index (κ2) is 9.84. The molecule has 0 saturated heterocycles. The topological polar surface area (TPSA) is 77.3 Å². The molecule has 2 aromatic heterocycles. The van der Waals surface area contributed by atoms with Crippen LogP contribution in [-0.2, 0) is 5.41 Å². The Morgan fingerprint density at radius 2 is 0.805 bits per heavy atom. The number of rotatable bonds is 4. The molecule has 0 unspecified atom stereocenters. The van der Waals surface area contributed by atoms with Gasteiger partial charge in [-0.15, -0.1) is 0 Å². The minimum Gasteiger partial charge on any atom is -0.208 e. The smallest absolute Gasteiger partial charge is 0.208 e. The molecule has 198 valence electrons. The molecule has 0 radical (unpaired) electrons.